The minimum Gasteiger partial charge on any atom is -0.371 e. The summed E-state index contributed by atoms with van der Waals surface area (Å²) in [6, 6.07) is 8.20. The van der Waals surface area contributed by atoms with Gasteiger partial charge in [0.05, 0.1) is 0 Å². The predicted octanol–water partition coefficient (Wildman–Crippen LogP) is 2.81. The molecule has 0 bridgehead atoms. The molecule has 1 aliphatic rings. The van der Waals surface area contributed by atoms with Gasteiger partial charge in [0.1, 0.15) is 0 Å². The van der Waals surface area contributed by atoms with Crippen LogP contribution in [0.15, 0.2) is 24.3 Å². The molecule has 2 nitrogen and oxygen atoms in total. The van der Waals surface area contributed by atoms with Gasteiger partial charge in [-0.25, -0.2) is 8.78 Å². The second-order valence-corrected chi connectivity index (χ2v) is 5.19. The molecule has 100 valence electrons. The summed E-state index contributed by atoms with van der Waals surface area (Å²) in [5.41, 5.74) is 6.89. The Morgan fingerprint density at radius 2 is 1.78 bits per heavy atom. The fourth-order valence-electron chi connectivity index (χ4n) is 2.48. The number of nitrogens with two attached hydrogens (primary N) is 1. The van der Waals surface area contributed by atoms with E-state index in [2.05, 4.69) is 4.90 Å². The maximum absolute atomic E-state index is 13.1. The van der Waals surface area contributed by atoms with E-state index in [4.69, 9.17) is 5.73 Å². The van der Waals surface area contributed by atoms with Gasteiger partial charge in [-0.1, -0.05) is 17.7 Å². The molecule has 0 atom stereocenters. The van der Waals surface area contributed by atoms with Gasteiger partial charge in [0.25, 0.3) is 0 Å². The molecule has 18 heavy (non-hydrogen) atoms. The summed E-state index contributed by atoms with van der Waals surface area (Å²) < 4.78 is 26.1. The largest absolute Gasteiger partial charge is 0.371 e. The van der Waals surface area contributed by atoms with Crippen molar-refractivity contribution in [2.75, 3.05) is 24.5 Å². The highest BCUT2D eigenvalue weighted by Gasteiger charge is 2.41. The number of alkyl halides is 2. The van der Waals surface area contributed by atoms with E-state index in [9.17, 15) is 8.78 Å². The van der Waals surface area contributed by atoms with Crippen LogP contribution in [-0.2, 0) is 0 Å². The molecular formula is C14H20F2N2. The number of rotatable bonds is 3. The Bertz CT molecular complexity index is 381. The molecular weight excluding hydrogens is 234 g/mol. The number of hydrogen-bond donors (Lipinski definition) is 1. The average Bonchev–Trinajstić information content (AvgIpc) is 2.39. The van der Waals surface area contributed by atoms with Crippen molar-refractivity contribution in [3.05, 3.63) is 29.8 Å². The number of nitrogens with zero attached hydrogens (tertiary/aromatic N) is 1. The normalized spacial score (nSPS) is 19.3. The molecule has 1 aromatic rings. The monoisotopic (exact) mass is 254 g/mol. The summed E-state index contributed by atoms with van der Waals surface area (Å²) >= 11 is 0. The third-order valence-electron chi connectivity index (χ3n) is 4.03. The Morgan fingerprint density at radius 3 is 2.22 bits per heavy atom. The standard InChI is InChI=1S/C14H20F2N2/c1-11-2-4-12(5-3-11)18-8-6-14(10-17,7-9-18)13(15)16/h2-5,13H,6-10,17H2,1H3. The number of benzene rings is 1. The maximum atomic E-state index is 13.1. The lowest BCUT2D eigenvalue weighted by Crippen LogP contribution is -2.48. The first-order chi connectivity index (χ1) is 8.57. The second kappa shape index (κ2) is 5.22. The van der Waals surface area contributed by atoms with Crippen molar-refractivity contribution < 1.29 is 8.78 Å². The van der Waals surface area contributed by atoms with E-state index in [1.165, 1.54) is 5.56 Å². The molecule has 0 spiro atoms. The van der Waals surface area contributed by atoms with Gasteiger partial charge in [0.15, 0.2) is 0 Å². The minimum absolute atomic E-state index is 0.0758. The molecule has 2 rings (SSSR count). The fourth-order valence-corrected chi connectivity index (χ4v) is 2.48. The van der Waals surface area contributed by atoms with Gasteiger partial charge in [0, 0.05) is 30.7 Å². The summed E-state index contributed by atoms with van der Waals surface area (Å²) in [6.45, 7) is 3.43. The molecule has 0 saturated carbocycles. The smallest absolute Gasteiger partial charge is 0.245 e. The molecule has 1 fully saturated rings. The molecule has 0 radical (unpaired) electrons. The van der Waals surface area contributed by atoms with Crippen LogP contribution in [0.3, 0.4) is 0 Å². The number of piperidine rings is 1. The van der Waals surface area contributed by atoms with Crippen LogP contribution in [0.1, 0.15) is 18.4 Å². The van der Waals surface area contributed by atoms with E-state index in [1.54, 1.807) is 0 Å². The molecule has 0 aliphatic carbocycles. The van der Waals surface area contributed by atoms with E-state index >= 15 is 0 Å². The van der Waals surface area contributed by atoms with Crippen molar-refractivity contribution in [3.63, 3.8) is 0 Å². The zero-order valence-electron chi connectivity index (χ0n) is 10.7. The van der Waals surface area contributed by atoms with E-state index in [1.807, 2.05) is 31.2 Å². The Kier molecular flexibility index (Phi) is 3.85. The lowest BCUT2D eigenvalue weighted by Gasteiger charge is -2.41. The number of halogens is 2. The lowest BCUT2D eigenvalue weighted by molar-refractivity contribution is -0.0160. The van der Waals surface area contributed by atoms with Crippen LogP contribution in [-0.4, -0.2) is 26.1 Å². The highest BCUT2D eigenvalue weighted by Crippen LogP contribution is 2.37. The first-order valence-electron chi connectivity index (χ1n) is 6.37. The van der Waals surface area contributed by atoms with E-state index in [0.717, 1.165) is 5.69 Å². The van der Waals surface area contributed by atoms with Gasteiger partial charge in [0.2, 0.25) is 6.43 Å². The third-order valence-corrected chi connectivity index (χ3v) is 4.03. The van der Waals surface area contributed by atoms with E-state index in [0.29, 0.717) is 25.9 Å². The molecule has 1 aliphatic heterocycles. The van der Waals surface area contributed by atoms with Gasteiger partial charge >= 0.3 is 0 Å². The summed E-state index contributed by atoms with van der Waals surface area (Å²) in [7, 11) is 0. The average molecular weight is 254 g/mol. The van der Waals surface area contributed by atoms with Crippen molar-refractivity contribution in [1.82, 2.24) is 0 Å². The van der Waals surface area contributed by atoms with Crippen molar-refractivity contribution in [3.8, 4) is 0 Å². The summed E-state index contributed by atoms with van der Waals surface area (Å²) in [5, 5.41) is 0. The maximum Gasteiger partial charge on any atom is 0.245 e. The molecule has 1 saturated heterocycles. The van der Waals surface area contributed by atoms with Gasteiger partial charge in [-0.05, 0) is 31.9 Å². The zero-order chi connectivity index (χ0) is 13.2. The van der Waals surface area contributed by atoms with Gasteiger partial charge in [-0.2, -0.15) is 0 Å². The SMILES string of the molecule is Cc1ccc(N2CCC(CN)(C(F)F)CC2)cc1. The predicted molar refractivity (Wildman–Crippen MR) is 70.1 cm³/mol. The van der Waals surface area contributed by atoms with Crippen LogP contribution in [0, 0.1) is 12.3 Å². The second-order valence-electron chi connectivity index (χ2n) is 5.19. The van der Waals surface area contributed by atoms with Gasteiger partial charge in [-0.15, -0.1) is 0 Å². The summed E-state index contributed by atoms with van der Waals surface area (Å²) in [4.78, 5) is 2.16. The first kappa shape index (κ1) is 13.3. The summed E-state index contributed by atoms with van der Waals surface area (Å²) in [5.74, 6) is 0. The topological polar surface area (TPSA) is 29.3 Å². The van der Waals surface area contributed by atoms with Crippen LogP contribution < -0.4 is 10.6 Å². The molecule has 4 heteroatoms. The molecule has 1 heterocycles. The van der Waals surface area contributed by atoms with E-state index in [-0.39, 0.29) is 6.54 Å². The van der Waals surface area contributed by atoms with Crippen LogP contribution in [0.2, 0.25) is 0 Å². The van der Waals surface area contributed by atoms with Crippen LogP contribution in [0.25, 0.3) is 0 Å². The van der Waals surface area contributed by atoms with Crippen molar-refractivity contribution in [2.24, 2.45) is 11.1 Å². The molecule has 0 unspecified atom stereocenters. The summed E-state index contributed by atoms with van der Waals surface area (Å²) in [6.07, 6.45) is -1.38. The van der Waals surface area contributed by atoms with Crippen LogP contribution in [0.5, 0.6) is 0 Å². The molecule has 0 aromatic heterocycles. The third kappa shape index (κ3) is 2.48. The van der Waals surface area contributed by atoms with Crippen LogP contribution in [0.4, 0.5) is 14.5 Å². The molecule has 1 aromatic carbocycles. The number of aryl methyl sites for hydroxylation is 1. The number of anilines is 1. The fraction of sp³-hybridized carbons (Fsp3) is 0.571. The highest BCUT2D eigenvalue weighted by molar-refractivity contribution is 5.47. The van der Waals surface area contributed by atoms with Crippen molar-refractivity contribution in [2.45, 2.75) is 26.2 Å². The lowest BCUT2D eigenvalue weighted by atomic mass is 9.78. The van der Waals surface area contributed by atoms with Gasteiger partial charge in [-0.3, -0.25) is 0 Å². The minimum atomic E-state index is -2.32. The quantitative estimate of drug-likeness (QED) is 0.898. The first-order valence-corrected chi connectivity index (χ1v) is 6.37. The van der Waals surface area contributed by atoms with Crippen molar-refractivity contribution in [1.29, 1.82) is 0 Å². The Hall–Kier alpha value is -1.16. The van der Waals surface area contributed by atoms with Gasteiger partial charge < -0.3 is 10.6 Å². The molecule has 2 N–H and O–H groups in total. The van der Waals surface area contributed by atoms with E-state index < -0.39 is 11.8 Å². The molecule has 0 amide bonds. The Balaban J connectivity index is 2.04. The Labute approximate surface area is 107 Å². The Morgan fingerprint density at radius 1 is 1.22 bits per heavy atom. The van der Waals surface area contributed by atoms with Crippen molar-refractivity contribution >= 4 is 5.69 Å². The zero-order valence-corrected chi connectivity index (χ0v) is 10.7. The van der Waals surface area contributed by atoms with Crippen LogP contribution >= 0.6 is 0 Å². The number of hydrogen-bond acceptors (Lipinski definition) is 2. The highest BCUT2D eigenvalue weighted by atomic mass is 19.3.